The Morgan fingerprint density at radius 3 is 1.91 bits per heavy atom. The first-order valence-corrected chi connectivity index (χ1v) is 14.1. The Labute approximate surface area is 273 Å². The molecule has 0 atom stereocenters. The summed E-state index contributed by atoms with van der Waals surface area (Å²) in [5.41, 5.74) is 11.3. The van der Waals surface area contributed by atoms with Crippen LogP contribution >= 0.6 is 0 Å². The van der Waals surface area contributed by atoms with Gasteiger partial charge in [0.2, 0.25) is 0 Å². The van der Waals surface area contributed by atoms with E-state index in [1.807, 2.05) is 30.6 Å². The Balaban J connectivity index is 0.000000155. The van der Waals surface area contributed by atoms with Crippen molar-refractivity contribution in [3.8, 4) is 34.2 Å². The zero-order valence-corrected chi connectivity index (χ0v) is 27.3. The third-order valence-corrected chi connectivity index (χ3v) is 7.53. The maximum Gasteiger partial charge on any atom is 0.170 e. The van der Waals surface area contributed by atoms with Gasteiger partial charge in [0.1, 0.15) is 0 Å². The number of oxazole rings is 2. The van der Waals surface area contributed by atoms with Gasteiger partial charge >= 0.3 is 0 Å². The van der Waals surface area contributed by atoms with Gasteiger partial charge in [-0.05, 0) is 56.1 Å². The number of aromatic nitrogens is 7. The number of pyridine rings is 1. The summed E-state index contributed by atoms with van der Waals surface area (Å²) in [6.07, 6.45) is 13.3. The van der Waals surface area contributed by atoms with E-state index in [4.69, 9.17) is 8.83 Å². The van der Waals surface area contributed by atoms with E-state index in [1.54, 1.807) is 12.4 Å². The van der Waals surface area contributed by atoms with Gasteiger partial charge in [0, 0.05) is 67.3 Å². The smallest absolute Gasteiger partial charge is 0.170 e. The maximum absolute atomic E-state index is 5.53. The van der Waals surface area contributed by atoms with Crippen LogP contribution in [-0.4, -0.2) is 34.1 Å². The molecule has 0 N–H and O–H groups in total. The third-order valence-electron chi connectivity index (χ3n) is 7.53. The number of hydrogen-bond donors (Lipinski definition) is 0. The number of nitrogens with zero attached hydrogens (tertiary/aromatic N) is 7. The molecule has 0 aliphatic rings. The second kappa shape index (κ2) is 12.4. The standard InChI is InChI=1S/C18H14N3O.C17H13N4O.Ir/c1-12-5-3-6-13(2)16(12)21-10-9-19-18(21)14-7-4-8-15-17(14)22-11-20-15;1-11-4-3-5-12(2)15(11)21-7-6-18-16(21)13-8-14-17(19-9-13)22-10-20-14;/h3-6,8-11H,1-2H3;3-8,10H,1-2H3;/q2*-1;. The van der Waals surface area contributed by atoms with Crippen molar-refractivity contribution in [2.24, 2.45) is 0 Å². The number of hydrogen-bond acceptors (Lipinski definition) is 7. The molecule has 0 aliphatic heterocycles. The SMILES string of the molecule is Cc1cccc(C)c1-n1ccnc1-c1[c-]ccc2ncoc12.Cc1cccc(C)c1-n1ccnc1-c1[c-]nc2ocnc2c1.[Ir]. The normalized spacial score (nSPS) is 10.9. The van der Waals surface area contributed by atoms with Crippen LogP contribution in [0.4, 0.5) is 0 Å². The largest absolute Gasteiger partial charge is 0.490 e. The second-order valence-corrected chi connectivity index (χ2v) is 10.5. The number of benzene rings is 3. The summed E-state index contributed by atoms with van der Waals surface area (Å²) in [7, 11) is 0. The molecule has 8 rings (SSSR count). The van der Waals surface area contributed by atoms with Crippen molar-refractivity contribution in [3.63, 3.8) is 0 Å². The van der Waals surface area contributed by atoms with Crippen LogP contribution in [0.2, 0.25) is 0 Å². The molecule has 0 saturated heterocycles. The van der Waals surface area contributed by atoms with E-state index >= 15 is 0 Å². The Morgan fingerprint density at radius 1 is 0.667 bits per heavy atom. The molecule has 10 heteroatoms. The van der Waals surface area contributed by atoms with Crippen molar-refractivity contribution >= 4 is 22.3 Å². The molecule has 0 spiro atoms. The van der Waals surface area contributed by atoms with Crippen LogP contribution in [0.3, 0.4) is 0 Å². The fourth-order valence-electron chi connectivity index (χ4n) is 5.55. The van der Waals surface area contributed by atoms with E-state index in [-0.39, 0.29) is 20.1 Å². The molecule has 1 radical (unpaired) electrons. The van der Waals surface area contributed by atoms with Gasteiger partial charge < -0.3 is 23.0 Å². The zero-order chi connectivity index (χ0) is 30.2. The summed E-state index contributed by atoms with van der Waals surface area (Å²) in [5.74, 6) is 1.59. The molecular weight excluding hydrogens is 743 g/mol. The number of fused-ring (bicyclic) bond motifs is 2. The Bertz CT molecular complexity index is 2220. The molecule has 0 fully saturated rings. The van der Waals surface area contributed by atoms with Crippen molar-refractivity contribution in [2.75, 3.05) is 0 Å². The minimum Gasteiger partial charge on any atom is -0.490 e. The first kappa shape index (κ1) is 29.9. The molecule has 225 valence electrons. The van der Waals surface area contributed by atoms with Crippen LogP contribution in [0.25, 0.3) is 56.5 Å². The van der Waals surface area contributed by atoms with Gasteiger partial charge in [-0.3, -0.25) is 9.97 Å². The fraction of sp³-hybridized carbons (Fsp3) is 0.114. The molecule has 0 bridgehead atoms. The van der Waals surface area contributed by atoms with Gasteiger partial charge in [0.05, 0.1) is 17.2 Å². The summed E-state index contributed by atoms with van der Waals surface area (Å²) < 4.78 is 14.8. The third kappa shape index (κ3) is 5.50. The van der Waals surface area contributed by atoms with Crippen LogP contribution in [-0.2, 0) is 20.1 Å². The molecule has 3 aromatic carbocycles. The molecule has 5 heterocycles. The van der Waals surface area contributed by atoms with E-state index < -0.39 is 0 Å². The van der Waals surface area contributed by atoms with E-state index in [1.165, 1.54) is 35.0 Å². The van der Waals surface area contributed by atoms with Crippen LogP contribution < -0.4 is 0 Å². The Morgan fingerprint density at radius 2 is 1.24 bits per heavy atom. The summed E-state index contributed by atoms with van der Waals surface area (Å²) in [5, 5.41) is 0. The Hall–Kier alpha value is -5.18. The van der Waals surface area contributed by atoms with Gasteiger partial charge in [0.15, 0.2) is 18.5 Å². The first-order chi connectivity index (χ1) is 21.5. The van der Waals surface area contributed by atoms with Crippen molar-refractivity contribution in [1.82, 2.24) is 34.1 Å². The summed E-state index contributed by atoms with van der Waals surface area (Å²) >= 11 is 0. The van der Waals surface area contributed by atoms with Crippen molar-refractivity contribution < 1.29 is 28.9 Å². The van der Waals surface area contributed by atoms with E-state index in [0.717, 1.165) is 39.7 Å². The predicted molar refractivity (Wildman–Crippen MR) is 168 cm³/mol. The summed E-state index contributed by atoms with van der Waals surface area (Å²) in [6, 6.07) is 21.4. The van der Waals surface area contributed by atoms with E-state index in [2.05, 4.69) is 110 Å². The van der Waals surface area contributed by atoms with Crippen LogP contribution in [0, 0.1) is 40.0 Å². The van der Waals surface area contributed by atoms with Gasteiger partial charge in [-0.15, -0.1) is 24.3 Å². The quantitative estimate of drug-likeness (QED) is 0.170. The summed E-state index contributed by atoms with van der Waals surface area (Å²) in [6.45, 7) is 8.39. The molecule has 9 nitrogen and oxygen atoms in total. The van der Waals surface area contributed by atoms with E-state index in [9.17, 15) is 0 Å². The zero-order valence-electron chi connectivity index (χ0n) is 24.9. The first-order valence-electron chi connectivity index (χ1n) is 14.1. The Kier molecular flexibility index (Phi) is 8.26. The summed E-state index contributed by atoms with van der Waals surface area (Å²) in [4.78, 5) is 21.5. The molecular formula is C35H27IrN7O2-2. The fourth-order valence-corrected chi connectivity index (χ4v) is 5.55. The van der Waals surface area contributed by atoms with Crippen LogP contribution in [0.1, 0.15) is 22.3 Å². The molecule has 0 saturated carbocycles. The molecule has 0 aliphatic carbocycles. The molecule has 0 unspecified atom stereocenters. The van der Waals surface area contributed by atoms with Crippen molar-refractivity contribution in [1.29, 1.82) is 0 Å². The molecule has 0 amide bonds. The minimum atomic E-state index is 0. The van der Waals surface area contributed by atoms with Crippen LogP contribution in [0.5, 0.6) is 0 Å². The van der Waals surface area contributed by atoms with Gasteiger partial charge in [-0.1, -0.05) is 47.5 Å². The topological polar surface area (TPSA) is 101 Å². The second-order valence-electron chi connectivity index (χ2n) is 10.5. The van der Waals surface area contributed by atoms with Gasteiger partial charge in [-0.2, -0.15) is 0 Å². The van der Waals surface area contributed by atoms with Crippen molar-refractivity contribution in [2.45, 2.75) is 27.7 Å². The molecule has 5 aromatic heterocycles. The average molecular weight is 770 g/mol. The number of para-hydroxylation sites is 2. The number of rotatable bonds is 4. The van der Waals surface area contributed by atoms with Gasteiger partial charge in [-0.25, -0.2) is 9.97 Å². The van der Waals surface area contributed by atoms with Crippen molar-refractivity contribution in [3.05, 3.63) is 127 Å². The number of imidazole rings is 2. The minimum absolute atomic E-state index is 0. The van der Waals surface area contributed by atoms with Gasteiger partial charge in [0.25, 0.3) is 0 Å². The number of aryl methyl sites for hydroxylation is 4. The monoisotopic (exact) mass is 770 g/mol. The average Bonchev–Trinajstić information content (AvgIpc) is 3.84. The van der Waals surface area contributed by atoms with Crippen LogP contribution in [0.15, 0.2) is 101 Å². The molecule has 8 aromatic rings. The molecule has 45 heavy (non-hydrogen) atoms. The maximum atomic E-state index is 5.53. The predicted octanol–water partition coefficient (Wildman–Crippen LogP) is 7.59. The van der Waals surface area contributed by atoms with E-state index in [0.29, 0.717) is 16.8 Å².